The van der Waals surface area contributed by atoms with E-state index in [0.29, 0.717) is 17.3 Å². The molecule has 0 spiro atoms. The van der Waals surface area contributed by atoms with Crippen LogP contribution in [0.3, 0.4) is 0 Å². The molecule has 0 radical (unpaired) electrons. The van der Waals surface area contributed by atoms with Crippen LogP contribution in [0.5, 0.6) is 0 Å². The smallest absolute Gasteiger partial charge is 0.250 e. The SMILES string of the molecule is CCCN(c1cc(C(N)=O)c(N)cc1Br)C(C)C. The standard InChI is InChI=1S/C13H20BrN3O/c1-4-5-17(8(2)3)12-6-9(13(16)18)11(15)7-10(12)14/h6-8H,4-5,15H2,1-3H3,(H2,16,18). The topological polar surface area (TPSA) is 72.3 Å². The summed E-state index contributed by atoms with van der Waals surface area (Å²) >= 11 is 3.50. The molecular weight excluding hydrogens is 294 g/mol. The summed E-state index contributed by atoms with van der Waals surface area (Å²) in [5, 5.41) is 0. The van der Waals surface area contributed by atoms with Crippen molar-refractivity contribution in [3.63, 3.8) is 0 Å². The first-order valence-electron chi connectivity index (χ1n) is 6.03. The summed E-state index contributed by atoms with van der Waals surface area (Å²) in [4.78, 5) is 13.6. The lowest BCUT2D eigenvalue weighted by Crippen LogP contribution is -2.32. The Balaban J connectivity index is 3.29. The summed E-state index contributed by atoms with van der Waals surface area (Å²) in [5.41, 5.74) is 12.8. The molecule has 18 heavy (non-hydrogen) atoms. The summed E-state index contributed by atoms with van der Waals surface area (Å²) in [6, 6.07) is 3.84. The molecule has 0 atom stereocenters. The molecule has 0 aliphatic heterocycles. The molecule has 0 aliphatic carbocycles. The Labute approximate surface area is 116 Å². The van der Waals surface area contributed by atoms with Crippen LogP contribution in [0, 0.1) is 0 Å². The van der Waals surface area contributed by atoms with Crippen molar-refractivity contribution in [2.24, 2.45) is 5.73 Å². The lowest BCUT2D eigenvalue weighted by Gasteiger charge is -2.30. The van der Waals surface area contributed by atoms with E-state index < -0.39 is 5.91 Å². The number of primary amides is 1. The van der Waals surface area contributed by atoms with Gasteiger partial charge in [-0.15, -0.1) is 0 Å². The van der Waals surface area contributed by atoms with Crippen LogP contribution in [0.1, 0.15) is 37.6 Å². The molecule has 4 N–H and O–H groups in total. The van der Waals surface area contributed by atoms with E-state index >= 15 is 0 Å². The van der Waals surface area contributed by atoms with E-state index in [2.05, 4.69) is 41.6 Å². The van der Waals surface area contributed by atoms with Crippen LogP contribution >= 0.6 is 15.9 Å². The van der Waals surface area contributed by atoms with Crippen LogP contribution in [0.25, 0.3) is 0 Å². The number of hydrogen-bond donors (Lipinski definition) is 2. The number of nitrogens with zero attached hydrogens (tertiary/aromatic N) is 1. The Morgan fingerprint density at radius 2 is 2.06 bits per heavy atom. The van der Waals surface area contributed by atoms with Crippen molar-refractivity contribution < 1.29 is 4.79 Å². The van der Waals surface area contributed by atoms with E-state index in [9.17, 15) is 4.79 Å². The average Bonchev–Trinajstić information content (AvgIpc) is 2.26. The number of carbonyl (C=O) groups is 1. The minimum Gasteiger partial charge on any atom is -0.398 e. The van der Waals surface area contributed by atoms with Crippen LogP contribution in [0.2, 0.25) is 0 Å². The highest BCUT2D eigenvalue weighted by atomic mass is 79.9. The van der Waals surface area contributed by atoms with E-state index in [-0.39, 0.29) is 0 Å². The molecule has 0 saturated carbocycles. The van der Waals surface area contributed by atoms with Gasteiger partial charge in [0.05, 0.1) is 11.3 Å². The van der Waals surface area contributed by atoms with Crippen LogP contribution < -0.4 is 16.4 Å². The third kappa shape index (κ3) is 3.16. The molecule has 100 valence electrons. The number of amides is 1. The van der Waals surface area contributed by atoms with Gasteiger partial charge in [0.2, 0.25) is 0 Å². The lowest BCUT2D eigenvalue weighted by molar-refractivity contribution is 0.100. The summed E-state index contributed by atoms with van der Waals surface area (Å²) in [7, 11) is 0. The van der Waals surface area contributed by atoms with Crippen LogP contribution in [0.15, 0.2) is 16.6 Å². The van der Waals surface area contributed by atoms with Gasteiger partial charge in [0, 0.05) is 22.7 Å². The minimum absolute atomic E-state index is 0.339. The van der Waals surface area contributed by atoms with Crippen molar-refractivity contribution in [1.29, 1.82) is 0 Å². The number of hydrogen-bond acceptors (Lipinski definition) is 3. The van der Waals surface area contributed by atoms with Gasteiger partial charge in [0.1, 0.15) is 0 Å². The second kappa shape index (κ2) is 6.09. The molecule has 0 aromatic heterocycles. The second-order valence-corrected chi connectivity index (χ2v) is 5.40. The molecule has 1 amide bonds. The Morgan fingerprint density at radius 3 is 2.50 bits per heavy atom. The highest BCUT2D eigenvalue weighted by molar-refractivity contribution is 9.10. The number of nitrogens with two attached hydrogens (primary N) is 2. The molecule has 0 bridgehead atoms. The molecule has 5 heteroatoms. The van der Waals surface area contributed by atoms with Crippen molar-refractivity contribution in [2.45, 2.75) is 33.2 Å². The molecule has 0 unspecified atom stereocenters. The zero-order chi connectivity index (χ0) is 13.9. The van der Waals surface area contributed by atoms with E-state index in [1.54, 1.807) is 12.1 Å². The fourth-order valence-electron chi connectivity index (χ4n) is 1.91. The van der Waals surface area contributed by atoms with Gasteiger partial charge in [-0.05, 0) is 48.3 Å². The number of nitrogen functional groups attached to an aromatic ring is 1. The molecule has 1 aromatic carbocycles. The monoisotopic (exact) mass is 313 g/mol. The zero-order valence-electron chi connectivity index (χ0n) is 11.0. The molecule has 1 rings (SSSR count). The normalized spacial score (nSPS) is 10.7. The lowest BCUT2D eigenvalue weighted by atomic mass is 10.1. The fourth-order valence-corrected chi connectivity index (χ4v) is 2.50. The highest BCUT2D eigenvalue weighted by Gasteiger charge is 2.17. The van der Waals surface area contributed by atoms with Gasteiger partial charge < -0.3 is 16.4 Å². The van der Waals surface area contributed by atoms with E-state index in [4.69, 9.17) is 11.5 Å². The molecule has 4 nitrogen and oxygen atoms in total. The van der Waals surface area contributed by atoms with E-state index in [1.807, 2.05) is 0 Å². The zero-order valence-corrected chi connectivity index (χ0v) is 12.6. The number of benzene rings is 1. The summed E-state index contributed by atoms with van der Waals surface area (Å²) < 4.78 is 0.882. The van der Waals surface area contributed by atoms with Crippen LogP contribution in [0.4, 0.5) is 11.4 Å². The summed E-state index contributed by atoms with van der Waals surface area (Å²) in [6.07, 6.45) is 1.03. The van der Waals surface area contributed by atoms with Gasteiger partial charge >= 0.3 is 0 Å². The quantitative estimate of drug-likeness (QED) is 0.821. The summed E-state index contributed by atoms with van der Waals surface area (Å²) in [5.74, 6) is -0.499. The van der Waals surface area contributed by atoms with Crippen molar-refractivity contribution in [3.8, 4) is 0 Å². The number of carbonyl (C=O) groups excluding carboxylic acids is 1. The van der Waals surface area contributed by atoms with Crippen molar-refractivity contribution in [3.05, 3.63) is 22.2 Å². The maximum atomic E-state index is 11.3. The first-order chi connectivity index (χ1) is 8.38. The minimum atomic E-state index is -0.499. The molecule has 0 saturated heterocycles. The third-order valence-electron chi connectivity index (χ3n) is 2.78. The van der Waals surface area contributed by atoms with Crippen molar-refractivity contribution in [1.82, 2.24) is 0 Å². The highest BCUT2D eigenvalue weighted by Crippen LogP contribution is 2.32. The molecule has 0 aliphatic rings. The second-order valence-electron chi connectivity index (χ2n) is 4.54. The largest absolute Gasteiger partial charge is 0.398 e. The maximum Gasteiger partial charge on any atom is 0.250 e. The van der Waals surface area contributed by atoms with E-state index in [0.717, 1.165) is 23.1 Å². The first-order valence-corrected chi connectivity index (χ1v) is 6.83. The maximum absolute atomic E-state index is 11.3. The number of rotatable bonds is 5. The van der Waals surface area contributed by atoms with E-state index in [1.165, 1.54) is 0 Å². The Kier molecular flexibility index (Phi) is 5.02. The predicted molar refractivity (Wildman–Crippen MR) is 79.8 cm³/mol. The van der Waals surface area contributed by atoms with Gasteiger partial charge in [-0.2, -0.15) is 0 Å². The van der Waals surface area contributed by atoms with Gasteiger partial charge in [0.25, 0.3) is 5.91 Å². The van der Waals surface area contributed by atoms with Gasteiger partial charge in [-0.1, -0.05) is 6.92 Å². The average molecular weight is 314 g/mol. The van der Waals surface area contributed by atoms with Crippen molar-refractivity contribution in [2.75, 3.05) is 17.2 Å². The number of anilines is 2. The Bertz CT molecular complexity index is 446. The van der Waals surface area contributed by atoms with Crippen LogP contribution in [-0.4, -0.2) is 18.5 Å². The first kappa shape index (κ1) is 14.8. The van der Waals surface area contributed by atoms with Crippen LogP contribution in [-0.2, 0) is 0 Å². The van der Waals surface area contributed by atoms with Crippen molar-refractivity contribution >= 4 is 33.2 Å². The fraction of sp³-hybridized carbons (Fsp3) is 0.462. The third-order valence-corrected chi connectivity index (χ3v) is 3.42. The van der Waals surface area contributed by atoms with Gasteiger partial charge in [-0.3, -0.25) is 4.79 Å². The molecule has 0 heterocycles. The molecule has 0 fully saturated rings. The number of halogens is 1. The molecular formula is C13H20BrN3O. The Hall–Kier alpha value is -1.23. The predicted octanol–water partition coefficient (Wildman–Crippen LogP) is 2.76. The van der Waals surface area contributed by atoms with Gasteiger partial charge in [-0.25, -0.2) is 0 Å². The van der Waals surface area contributed by atoms with Gasteiger partial charge in [0.15, 0.2) is 0 Å². The Morgan fingerprint density at radius 1 is 1.44 bits per heavy atom. The summed E-state index contributed by atoms with van der Waals surface area (Å²) in [6.45, 7) is 7.26. The molecule has 1 aromatic rings.